The van der Waals surface area contributed by atoms with E-state index < -0.39 is 24.6 Å². The Bertz CT molecular complexity index is 2520. The molecule has 5 aliphatic rings. The number of benzene rings is 4. The molecule has 358 valence electrons. The summed E-state index contributed by atoms with van der Waals surface area (Å²) in [5.41, 5.74) is 4.27. The van der Waals surface area contributed by atoms with Crippen LogP contribution in [-0.4, -0.2) is 85.2 Å². The maximum absolute atomic E-state index is 13.7. The minimum Gasteiger partial charge on any atom is -0.870 e. The first-order chi connectivity index (χ1) is 32.5. The first-order valence-corrected chi connectivity index (χ1v) is 23.6. The van der Waals surface area contributed by atoms with Crippen molar-refractivity contribution in [2.45, 2.75) is 69.9 Å². The summed E-state index contributed by atoms with van der Waals surface area (Å²) in [4.78, 5) is 47.5. The Morgan fingerprint density at radius 2 is 1.49 bits per heavy atom. The number of H-pyrrole nitrogens is 1. The Morgan fingerprint density at radius 1 is 0.765 bits per heavy atom. The summed E-state index contributed by atoms with van der Waals surface area (Å²) >= 11 is 13.0. The summed E-state index contributed by atoms with van der Waals surface area (Å²) in [6.45, 7) is 0.794. The summed E-state index contributed by atoms with van der Waals surface area (Å²) in [5, 5.41) is 0.649. The standard InChI is InChI=1S/C52H51Cl2F2N3O8.H2O/c53-43-25-57-26-44(54)42(43)23-46(38-15-16-45(67-52(55)56)47(22-38)64-31-32-9-10-32)66-51(62)39-27-59(28-39)50(61)36-13-11-33(12-14-36)30-63-40-8-4-7-37(21-40)41(34-5-2-1-3-6-34)24-49(60)65-48-29-58-19-17-35(48)18-20-58;/h1-8,11-16,21-22,25-26,32,35,39,41,46,48,52H,9-10,17-20,23-24,27-31H2;1H2/t41-,46-,48-;/m0./s1. The van der Waals surface area contributed by atoms with Gasteiger partial charge in [-0.3, -0.25) is 19.3 Å². The van der Waals surface area contributed by atoms with Crippen molar-refractivity contribution in [2.75, 3.05) is 39.3 Å². The van der Waals surface area contributed by atoms with Gasteiger partial charge in [-0.15, -0.1) is 0 Å². The lowest BCUT2D eigenvalue weighted by Crippen LogP contribution is -2.53. The highest BCUT2D eigenvalue weighted by atomic mass is 35.5. The second-order valence-corrected chi connectivity index (χ2v) is 18.7. The first kappa shape index (κ1) is 48.6. The molecule has 0 radical (unpaired) electrons. The van der Waals surface area contributed by atoms with E-state index in [2.05, 4.69) is 9.88 Å². The summed E-state index contributed by atoms with van der Waals surface area (Å²) in [7, 11) is 0. The molecule has 1 aliphatic carbocycles. The number of hydrogen-bond acceptors (Lipinski definition) is 10. The lowest BCUT2D eigenvalue weighted by Gasteiger charge is -2.44. The number of alkyl halides is 2. The number of amides is 1. The Morgan fingerprint density at radius 3 is 2.16 bits per heavy atom. The highest BCUT2D eigenvalue weighted by molar-refractivity contribution is 6.35. The zero-order valence-corrected chi connectivity index (χ0v) is 38.8. The molecule has 10 rings (SSSR count). The van der Waals surface area contributed by atoms with Gasteiger partial charge in [-0.05, 0) is 109 Å². The van der Waals surface area contributed by atoms with Gasteiger partial charge in [-0.25, -0.2) is 4.98 Å². The minimum atomic E-state index is -3.06. The molecule has 3 atom stereocenters. The Labute approximate surface area is 403 Å². The van der Waals surface area contributed by atoms with Crippen molar-refractivity contribution in [3.05, 3.63) is 153 Å². The molecule has 12 nitrogen and oxygen atoms in total. The van der Waals surface area contributed by atoms with Gasteiger partial charge >= 0.3 is 18.6 Å². The molecule has 4 aliphatic heterocycles. The zero-order valence-electron chi connectivity index (χ0n) is 37.2. The van der Waals surface area contributed by atoms with E-state index in [1.165, 1.54) is 6.07 Å². The third kappa shape index (κ3) is 12.1. The number of likely N-dealkylation sites (tertiary alicyclic amines) is 1. The van der Waals surface area contributed by atoms with Gasteiger partial charge in [0.25, 0.3) is 5.91 Å². The molecule has 5 fully saturated rings. The number of hydrogen-bond donors (Lipinski definition) is 0. The highest BCUT2D eigenvalue weighted by Crippen LogP contribution is 2.39. The molecule has 16 heteroatoms. The van der Waals surface area contributed by atoms with Gasteiger partial charge in [0, 0.05) is 43.1 Å². The highest BCUT2D eigenvalue weighted by Gasteiger charge is 2.39. The summed E-state index contributed by atoms with van der Waals surface area (Å²) < 4.78 is 55.6. The number of nitrogens with one attached hydrogen (secondary N) is 1. The van der Waals surface area contributed by atoms with Gasteiger partial charge in [0.2, 0.25) is 0 Å². The van der Waals surface area contributed by atoms with Gasteiger partial charge in [0.05, 0.1) is 18.9 Å². The van der Waals surface area contributed by atoms with Crippen molar-refractivity contribution in [3.8, 4) is 17.2 Å². The largest absolute Gasteiger partial charge is 0.870 e. The van der Waals surface area contributed by atoms with Gasteiger partial charge < -0.3 is 34.1 Å². The predicted octanol–water partition coefficient (Wildman–Crippen LogP) is 9.36. The number of pyridine rings is 1. The molecule has 0 spiro atoms. The number of halogens is 4. The number of carbonyl (C=O) groups is 3. The molecule has 4 aromatic carbocycles. The molecule has 4 saturated heterocycles. The van der Waals surface area contributed by atoms with E-state index in [-0.39, 0.29) is 73.4 Å². The maximum atomic E-state index is 13.7. The van der Waals surface area contributed by atoms with Crippen LogP contribution in [0.25, 0.3) is 0 Å². The fourth-order valence-corrected chi connectivity index (χ4v) is 9.62. The molecular weight excluding hydrogens is 919 g/mol. The second-order valence-electron chi connectivity index (χ2n) is 17.9. The molecule has 1 amide bonds. The van der Waals surface area contributed by atoms with E-state index in [0.29, 0.717) is 50.9 Å². The van der Waals surface area contributed by atoms with Crippen LogP contribution in [0.4, 0.5) is 8.78 Å². The number of nitrogens with zero attached hydrogens (tertiary/aromatic N) is 2. The van der Waals surface area contributed by atoms with Crippen LogP contribution in [0.1, 0.15) is 82.3 Å². The first-order valence-electron chi connectivity index (χ1n) is 22.9. The van der Waals surface area contributed by atoms with Gasteiger partial charge in [0.15, 0.2) is 23.9 Å². The monoisotopic (exact) mass is 971 g/mol. The van der Waals surface area contributed by atoms with E-state index in [1.54, 1.807) is 41.6 Å². The molecule has 1 saturated carbocycles. The Balaban J connectivity index is 0.00000625. The van der Waals surface area contributed by atoms with Crippen LogP contribution in [0.3, 0.4) is 0 Å². The number of rotatable bonds is 19. The van der Waals surface area contributed by atoms with Gasteiger partial charge in [-0.2, -0.15) is 8.78 Å². The number of aromatic nitrogens is 1. The van der Waals surface area contributed by atoms with Crippen LogP contribution in [-0.2, 0) is 32.1 Å². The number of esters is 2. The summed E-state index contributed by atoms with van der Waals surface area (Å²) in [6, 6.07) is 29.4. The average Bonchev–Trinajstić information content (AvgIpc) is 4.16. The maximum Gasteiger partial charge on any atom is 0.387 e. The molecule has 2 N–H and O–H groups in total. The van der Waals surface area contributed by atoms with Crippen LogP contribution in [0.5, 0.6) is 17.2 Å². The lowest BCUT2D eigenvalue weighted by atomic mass is 9.85. The van der Waals surface area contributed by atoms with Gasteiger partial charge in [-0.1, -0.05) is 83.9 Å². The zero-order chi connectivity index (χ0) is 46.4. The van der Waals surface area contributed by atoms with Crippen LogP contribution in [0.15, 0.2) is 109 Å². The van der Waals surface area contributed by atoms with Crippen molar-refractivity contribution < 1.29 is 57.3 Å². The van der Waals surface area contributed by atoms with Crippen molar-refractivity contribution in [1.29, 1.82) is 0 Å². The second kappa shape index (κ2) is 22.1. The SMILES string of the molecule is O=C(C[C@@H](c1ccccc1)c1cccc(OCc2ccc(C(=O)N3CC(C(=O)O[C@@H](Cc4c(Cl)c[nH+]cc4Cl)c4ccc(OC(F)F)c(OCC5CC5)c4)C3)cc2)c1)O[C@H]1CN2CCC1CC2.[OH-]. The lowest BCUT2D eigenvalue weighted by molar-refractivity contribution is -0.377. The number of carbonyl (C=O) groups excluding carboxylic acids is 3. The molecule has 68 heavy (non-hydrogen) atoms. The van der Waals surface area contributed by atoms with Crippen molar-refractivity contribution in [2.24, 2.45) is 17.8 Å². The average molecular weight is 973 g/mol. The summed E-state index contributed by atoms with van der Waals surface area (Å²) in [5.74, 6) is -0.365. The van der Waals surface area contributed by atoms with Gasteiger partial charge in [0.1, 0.15) is 34.6 Å². The van der Waals surface area contributed by atoms with E-state index in [1.807, 2.05) is 66.7 Å². The van der Waals surface area contributed by atoms with E-state index in [4.69, 9.17) is 46.9 Å². The van der Waals surface area contributed by atoms with E-state index in [0.717, 1.165) is 62.0 Å². The number of piperidine rings is 3. The van der Waals surface area contributed by atoms with E-state index >= 15 is 0 Å². The van der Waals surface area contributed by atoms with Crippen LogP contribution in [0, 0.1) is 17.8 Å². The normalized spacial score (nSPS) is 19.5. The quantitative estimate of drug-likeness (QED) is 0.0734. The third-order valence-electron chi connectivity index (χ3n) is 13.2. The van der Waals surface area contributed by atoms with E-state index in [9.17, 15) is 23.2 Å². The van der Waals surface area contributed by atoms with Crippen LogP contribution >= 0.6 is 23.2 Å². The molecule has 5 aromatic rings. The predicted molar refractivity (Wildman–Crippen MR) is 247 cm³/mol. The third-order valence-corrected chi connectivity index (χ3v) is 13.9. The smallest absolute Gasteiger partial charge is 0.387 e. The molecule has 2 bridgehead atoms. The van der Waals surface area contributed by atoms with Crippen molar-refractivity contribution in [1.82, 2.24) is 9.80 Å². The Kier molecular flexibility index (Phi) is 15.8. The van der Waals surface area contributed by atoms with Crippen LogP contribution in [0.2, 0.25) is 10.0 Å². The molecular formula is C52H53Cl2F2N3O9. The van der Waals surface area contributed by atoms with Crippen LogP contribution < -0.4 is 19.2 Å². The Hall–Kier alpha value is -5.80. The minimum absolute atomic E-state index is 0. The number of aromatic amines is 1. The fourth-order valence-electron chi connectivity index (χ4n) is 9.09. The number of ether oxygens (including phenoxy) is 5. The van der Waals surface area contributed by atoms with Crippen molar-refractivity contribution >= 4 is 41.0 Å². The van der Waals surface area contributed by atoms with Crippen molar-refractivity contribution in [3.63, 3.8) is 0 Å². The fraction of sp³-hybridized carbons (Fsp3) is 0.385. The number of fused-ring (bicyclic) bond motifs is 3. The topological polar surface area (TPSA) is 148 Å². The molecule has 0 unspecified atom stereocenters. The molecule has 5 heterocycles. The summed E-state index contributed by atoms with van der Waals surface area (Å²) in [6.07, 6.45) is 6.56. The molecule has 1 aromatic heterocycles.